The SMILES string of the molecule is COc1cccc(S(=O)(=O)N2CCNC(=O)C2C)c1. The quantitative estimate of drug-likeness (QED) is 0.860. The van der Waals surface area contributed by atoms with Crippen LogP contribution in [0.5, 0.6) is 5.75 Å². The van der Waals surface area contributed by atoms with E-state index >= 15 is 0 Å². The Morgan fingerprint density at radius 1 is 1.42 bits per heavy atom. The van der Waals surface area contributed by atoms with E-state index in [0.29, 0.717) is 12.3 Å². The number of carbonyl (C=O) groups excluding carboxylic acids is 1. The van der Waals surface area contributed by atoms with Gasteiger partial charge in [-0.2, -0.15) is 4.31 Å². The van der Waals surface area contributed by atoms with Gasteiger partial charge in [-0.1, -0.05) is 6.07 Å². The molecular weight excluding hydrogens is 268 g/mol. The van der Waals surface area contributed by atoms with Crippen molar-refractivity contribution in [2.75, 3.05) is 20.2 Å². The summed E-state index contributed by atoms with van der Waals surface area (Å²) in [7, 11) is -2.21. The molecule has 7 heteroatoms. The highest BCUT2D eigenvalue weighted by atomic mass is 32.2. The van der Waals surface area contributed by atoms with Crippen LogP contribution in [-0.2, 0) is 14.8 Å². The minimum absolute atomic E-state index is 0.133. The molecule has 0 aliphatic carbocycles. The van der Waals surface area contributed by atoms with E-state index in [-0.39, 0.29) is 17.3 Å². The second kappa shape index (κ2) is 5.18. The number of sulfonamides is 1. The number of nitrogens with zero attached hydrogens (tertiary/aromatic N) is 1. The van der Waals surface area contributed by atoms with E-state index in [0.717, 1.165) is 0 Å². The Morgan fingerprint density at radius 2 is 2.16 bits per heavy atom. The Hall–Kier alpha value is -1.60. The monoisotopic (exact) mass is 284 g/mol. The van der Waals surface area contributed by atoms with Crippen LogP contribution < -0.4 is 10.1 Å². The summed E-state index contributed by atoms with van der Waals surface area (Å²) in [6.07, 6.45) is 0. The minimum Gasteiger partial charge on any atom is -0.497 e. The molecule has 1 fully saturated rings. The van der Waals surface area contributed by atoms with Crippen LogP contribution in [0.15, 0.2) is 29.2 Å². The third-order valence-corrected chi connectivity index (χ3v) is 5.06. The van der Waals surface area contributed by atoms with Gasteiger partial charge >= 0.3 is 0 Å². The molecule has 6 nitrogen and oxygen atoms in total. The van der Waals surface area contributed by atoms with E-state index in [1.54, 1.807) is 19.1 Å². The van der Waals surface area contributed by atoms with Gasteiger partial charge in [-0.3, -0.25) is 4.79 Å². The van der Waals surface area contributed by atoms with E-state index in [4.69, 9.17) is 4.74 Å². The zero-order valence-corrected chi connectivity index (χ0v) is 11.6. The molecule has 1 aromatic rings. The number of benzene rings is 1. The van der Waals surface area contributed by atoms with Crippen molar-refractivity contribution < 1.29 is 17.9 Å². The molecule has 1 aliphatic rings. The van der Waals surface area contributed by atoms with Gasteiger partial charge in [0.15, 0.2) is 0 Å². The second-order valence-corrected chi connectivity index (χ2v) is 6.15. The van der Waals surface area contributed by atoms with Crippen molar-refractivity contribution in [2.45, 2.75) is 17.9 Å². The number of hydrogen-bond acceptors (Lipinski definition) is 4. The number of rotatable bonds is 3. The summed E-state index contributed by atoms with van der Waals surface area (Å²) in [6, 6.07) is 5.53. The average Bonchev–Trinajstić information content (AvgIpc) is 2.41. The number of ether oxygens (including phenoxy) is 1. The molecule has 2 rings (SSSR count). The highest BCUT2D eigenvalue weighted by Crippen LogP contribution is 2.23. The number of amides is 1. The lowest BCUT2D eigenvalue weighted by atomic mass is 10.2. The van der Waals surface area contributed by atoms with Gasteiger partial charge in [-0.05, 0) is 19.1 Å². The lowest BCUT2D eigenvalue weighted by Crippen LogP contribution is -2.55. The summed E-state index contributed by atoms with van der Waals surface area (Å²) in [5.74, 6) is 0.188. The Labute approximate surface area is 112 Å². The topological polar surface area (TPSA) is 75.7 Å². The Morgan fingerprint density at radius 3 is 2.84 bits per heavy atom. The summed E-state index contributed by atoms with van der Waals surface area (Å²) in [5, 5.41) is 2.64. The van der Waals surface area contributed by atoms with Gasteiger partial charge < -0.3 is 10.1 Å². The zero-order chi connectivity index (χ0) is 14.0. The fourth-order valence-corrected chi connectivity index (χ4v) is 3.62. The van der Waals surface area contributed by atoms with Gasteiger partial charge in [0.25, 0.3) is 0 Å². The smallest absolute Gasteiger partial charge is 0.243 e. The van der Waals surface area contributed by atoms with Crippen LogP contribution in [-0.4, -0.2) is 44.9 Å². The van der Waals surface area contributed by atoms with Crippen molar-refractivity contribution in [3.63, 3.8) is 0 Å². The summed E-state index contributed by atoms with van der Waals surface area (Å²) in [4.78, 5) is 11.7. The highest BCUT2D eigenvalue weighted by molar-refractivity contribution is 7.89. The van der Waals surface area contributed by atoms with Gasteiger partial charge in [0.1, 0.15) is 11.8 Å². The normalized spacial score (nSPS) is 20.9. The minimum atomic E-state index is -3.68. The molecule has 104 valence electrons. The zero-order valence-electron chi connectivity index (χ0n) is 10.8. The van der Waals surface area contributed by atoms with Gasteiger partial charge in [-0.15, -0.1) is 0 Å². The molecule has 0 spiro atoms. The molecule has 0 radical (unpaired) electrons. The van der Waals surface area contributed by atoms with Crippen molar-refractivity contribution in [2.24, 2.45) is 0 Å². The fourth-order valence-electron chi connectivity index (χ4n) is 1.99. The van der Waals surface area contributed by atoms with Crippen molar-refractivity contribution in [1.82, 2.24) is 9.62 Å². The molecule has 1 unspecified atom stereocenters. The van der Waals surface area contributed by atoms with E-state index in [1.807, 2.05) is 0 Å². The van der Waals surface area contributed by atoms with Gasteiger partial charge in [0.2, 0.25) is 15.9 Å². The Bertz CT molecular complexity index is 585. The number of methoxy groups -OCH3 is 1. The fraction of sp³-hybridized carbons (Fsp3) is 0.417. The summed E-state index contributed by atoms with van der Waals surface area (Å²) < 4.78 is 31.2. The van der Waals surface area contributed by atoms with Crippen molar-refractivity contribution in [3.05, 3.63) is 24.3 Å². The lowest BCUT2D eigenvalue weighted by Gasteiger charge is -2.31. The summed E-state index contributed by atoms with van der Waals surface area (Å²) in [6.45, 7) is 2.17. The van der Waals surface area contributed by atoms with Gasteiger partial charge in [0.05, 0.1) is 12.0 Å². The average molecular weight is 284 g/mol. The molecule has 0 aromatic heterocycles. The van der Waals surface area contributed by atoms with Crippen LogP contribution in [0.4, 0.5) is 0 Å². The van der Waals surface area contributed by atoms with E-state index in [2.05, 4.69) is 5.32 Å². The van der Waals surface area contributed by atoms with E-state index < -0.39 is 16.1 Å². The molecule has 1 N–H and O–H groups in total. The highest BCUT2D eigenvalue weighted by Gasteiger charge is 2.35. The molecule has 0 bridgehead atoms. The molecule has 0 saturated carbocycles. The third kappa shape index (κ3) is 2.57. The van der Waals surface area contributed by atoms with Gasteiger partial charge in [0, 0.05) is 19.2 Å². The summed E-state index contributed by atoms with van der Waals surface area (Å²) in [5.41, 5.74) is 0. The van der Waals surface area contributed by atoms with Crippen LogP contribution in [0.3, 0.4) is 0 Å². The number of hydrogen-bond donors (Lipinski definition) is 1. The number of carbonyl (C=O) groups is 1. The molecule has 19 heavy (non-hydrogen) atoms. The second-order valence-electron chi connectivity index (χ2n) is 4.26. The molecule has 1 amide bonds. The van der Waals surface area contributed by atoms with Crippen molar-refractivity contribution >= 4 is 15.9 Å². The molecule has 1 heterocycles. The van der Waals surface area contributed by atoms with Crippen LogP contribution in [0.2, 0.25) is 0 Å². The molecule has 1 atom stereocenters. The summed E-state index contributed by atoms with van der Waals surface area (Å²) >= 11 is 0. The molecular formula is C12H16N2O4S. The maximum atomic E-state index is 12.5. The molecule has 1 saturated heterocycles. The first-order chi connectivity index (χ1) is 8.96. The predicted octanol–water partition coefficient (Wildman–Crippen LogP) is 0.204. The van der Waals surface area contributed by atoms with Crippen LogP contribution in [0, 0.1) is 0 Å². The largest absolute Gasteiger partial charge is 0.497 e. The van der Waals surface area contributed by atoms with Crippen molar-refractivity contribution in [1.29, 1.82) is 0 Å². The number of piperazine rings is 1. The van der Waals surface area contributed by atoms with E-state index in [1.165, 1.54) is 23.5 Å². The molecule has 1 aromatic carbocycles. The van der Waals surface area contributed by atoms with Gasteiger partial charge in [-0.25, -0.2) is 8.42 Å². The maximum absolute atomic E-state index is 12.5. The Kier molecular flexibility index (Phi) is 3.77. The predicted molar refractivity (Wildman–Crippen MR) is 69.4 cm³/mol. The standard InChI is InChI=1S/C12H16N2O4S/c1-9-12(15)13-6-7-14(9)19(16,17)11-5-3-4-10(8-11)18-2/h3-5,8-9H,6-7H2,1-2H3,(H,13,15). The first-order valence-electron chi connectivity index (χ1n) is 5.90. The Balaban J connectivity index is 2.38. The van der Waals surface area contributed by atoms with Crippen LogP contribution in [0.25, 0.3) is 0 Å². The lowest BCUT2D eigenvalue weighted by molar-refractivity contribution is -0.126. The third-order valence-electron chi connectivity index (χ3n) is 3.09. The van der Waals surface area contributed by atoms with Crippen molar-refractivity contribution in [3.8, 4) is 5.75 Å². The van der Waals surface area contributed by atoms with E-state index in [9.17, 15) is 13.2 Å². The van der Waals surface area contributed by atoms with Crippen LogP contribution in [0.1, 0.15) is 6.92 Å². The first kappa shape index (κ1) is 13.8. The first-order valence-corrected chi connectivity index (χ1v) is 7.34. The van der Waals surface area contributed by atoms with Crippen LogP contribution >= 0.6 is 0 Å². The maximum Gasteiger partial charge on any atom is 0.243 e. The number of nitrogens with one attached hydrogen (secondary N) is 1. The molecule has 1 aliphatic heterocycles.